The van der Waals surface area contributed by atoms with Crippen LogP contribution in [0.1, 0.15) is 86.5 Å². The molecule has 2 fully saturated rings. The summed E-state index contributed by atoms with van der Waals surface area (Å²) >= 11 is 0. The lowest BCUT2D eigenvalue weighted by molar-refractivity contribution is -0.131. The van der Waals surface area contributed by atoms with Crippen molar-refractivity contribution >= 4 is 5.97 Å². The first-order valence-electron chi connectivity index (χ1n) is 11.9. The van der Waals surface area contributed by atoms with Crippen LogP contribution in [0.4, 0.5) is 0 Å². The van der Waals surface area contributed by atoms with E-state index < -0.39 is 5.97 Å². The zero-order valence-electron chi connectivity index (χ0n) is 19.5. The number of rotatable bonds is 7. The average molecular weight is 399 g/mol. The summed E-state index contributed by atoms with van der Waals surface area (Å²) in [7, 11) is 0. The molecular weight excluding hydrogens is 356 g/mol. The zero-order chi connectivity index (χ0) is 21.4. The van der Waals surface area contributed by atoms with Crippen molar-refractivity contribution in [2.24, 2.45) is 40.4 Å². The first kappa shape index (κ1) is 22.4. The highest BCUT2D eigenvalue weighted by molar-refractivity contribution is 5.81. The van der Waals surface area contributed by atoms with E-state index in [2.05, 4.69) is 46.8 Å². The molecule has 3 aliphatic rings. The average Bonchev–Trinajstić information content (AvgIpc) is 3.33. The normalized spacial score (nSPS) is 36.8. The number of hydrogen-bond donors (Lipinski definition) is 1. The van der Waals surface area contributed by atoms with Gasteiger partial charge >= 0.3 is 5.97 Å². The molecule has 0 aromatic heterocycles. The Morgan fingerprint density at radius 1 is 1.31 bits per heavy atom. The molecule has 5 atom stereocenters. The monoisotopic (exact) mass is 398 g/mol. The molecule has 1 N–H and O–H groups in total. The van der Waals surface area contributed by atoms with Gasteiger partial charge in [-0.3, -0.25) is 0 Å². The molecule has 3 aliphatic carbocycles. The highest BCUT2D eigenvalue weighted by Crippen LogP contribution is 2.67. The van der Waals surface area contributed by atoms with E-state index in [1.807, 2.05) is 13.0 Å². The summed E-state index contributed by atoms with van der Waals surface area (Å²) in [6.45, 7) is 14.0. The molecule has 0 heterocycles. The van der Waals surface area contributed by atoms with E-state index in [0.29, 0.717) is 22.7 Å². The minimum Gasteiger partial charge on any atom is -0.478 e. The number of aliphatic carboxylic acids is 1. The number of fused-ring (bicyclic) bond motifs is 1. The molecule has 29 heavy (non-hydrogen) atoms. The third-order valence-electron chi connectivity index (χ3n) is 8.46. The van der Waals surface area contributed by atoms with Crippen molar-refractivity contribution < 1.29 is 9.90 Å². The molecule has 0 aliphatic heterocycles. The molecule has 0 amide bonds. The SMILES string of the molecule is CCCC1(C2CCC3C(C2)C(C(C)C)=CCC3(C)C)CC1/C=C/C(C)=C/C(=O)O. The van der Waals surface area contributed by atoms with Crippen LogP contribution in [0, 0.1) is 40.4 Å². The standard InChI is InChI=1S/C27H42O2/c1-7-13-27(17-21(27)9-8-19(4)15-25(28)29)20-10-11-24-23(16-20)22(18(2)3)12-14-26(24,5)6/h8-9,12,15,18,20-21,23-24H,7,10-11,13-14,16-17H2,1-6H3,(H,28,29)/b9-8+,19-15+. The fourth-order valence-electron chi connectivity index (χ4n) is 6.89. The predicted molar refractivity (Wildman–Crippen MR) is 122 cm³/mol. The molecule has 0 aromatic rings. The second kappa shape index (κ2) is 8.44. The first-order valence-corrected chi connectivity index (χ1v) is 11.9. The van der Waals surface area contributed by atoms with E-state index in [9.17, 15) is 4.79 Å². The van der Waals surface area contributed by atoms with Crippen molar-refractivity contribution in [1.29, 1.82) is 0 Å². The molecular formula is C27H42O2. The van der Waals surface area contributed by atoms with E-state index in [4.69, 9.17) is 5.11 Å². The third kappa shape index (κ3) is 4.57. The maximum atomic E-state index is 10.9. The summed E-state index contributed by atoms with van der Waals surface area (Å²) in [5.41, 5.74) is 3.48. The molecule has 0 bridgehead atoms. The van der Waals surface area contributed by atoms with E-state index >= 15 is 0 Å². The fraction of sp³-hybridized carbons (Fsp3) is 0.741. The van der Waals surface area contributed by atoms with Gasteiger partial charge in [0.15, 0.2) is 0 Å². The van der Waals surface area contributed by atoms with Gasteiger partial charge in [-0.05, 0) is 91.4 Å². The van der Waals surface area contributed by atoms with Crippen LogP contribution >= 0.6 is 0 Å². The molecule has 0 radical (unpaired) electrons. The Kier molecular flexibility index (Phi) is 6.51. The topological polar surface area (TPSA) is 37.3 Å². The molecule has 0 spiro atoms. The van der Waals surface area contributed by atoms with Gasteiger partial charge in [-0.15, -0.1) is 0 Å². The molecule has 162 valence electrons. The maximum absolute atomic E-state index is 10.9. The van der Waals surface area contributed by atoms with Crippen molar-refractivity contribution in [2.45, 2.75) is 86.5 Å². The Balaban J connectivity index is 1.78. The zero-order valence-corrected chi connectivity index (χ0v) is 19.5. The van der Waals surface area contributed by atoms with Crippen molar-refractivity contribution in [1.82, 2.24) is 0 Å². The second-order valence-corrected chi connectivity index (χ2v) is 11.2. The van der Waals surface area contributed by atoms with E-state index in [0.717, 1.165) is 23.3 Å². The van der Waals surface area contributed by atoms with Crippen LogP contribution in [0.25, 0.3) is 0 Å². The molecule has 0 aromatic carbocycles. The third-order valence-corrected chi connectivity index (χ3v) is 8.46. The number of allylic oxidation sites excluding steroid dienone is 5. The van der Waals surface area contributed by atoms with E-state index in [1.54, 1.807) is 5.57 Å². The van der Waals surface area contributed by atoms with Gasteiger partial charge in [-0.25, -0.2) is 4.79 Å². The number of hydrogen-bond acceptors (Lipinski definition) is 1. The molecule has 2 nitrogen and oxygen atoms in total. The maximum Gasteiger partial charge on any atom is 0.328 e. The van der Waals surface area contributed by atoms with Gasteiger partial charge in [0.2, 0.25) is 0 Å². The van der Waals surface area contributed by atoms with E-state index in [-0.39, 0.29) is 0 Å². The number of carboxylic acid groups (broad SMARTS) is 1. The predicted octanol–water partition coefficient (Wildman–Crippen LogP) is 7.42. The van der Waals surface area contributed by atoms with Gasteiger partial charge in [0, 0.05) is 6.08 Å². The quantitative estimate of drug-likeness (QED) is 0.275. The summed E-state index contributed by atoms with van der Waals surface area (Å²) in [5, 5.41) is 8.96. The van der Waals surface area contributed by atoms with Gasteiger partial charge in [-0.1, -0.05) is 64.8 Å². The molecule has 5 unspecified atom stereocenters. The Morgan fingerprint density at radius 2 is 2.03 bits per heavy atom. The Bertz CT molecular complexity index is 708. The minimum absolute atomic E-state index is 0.438. The summed E-state index contributed by atoms with van der Waals surface area (Å²) in [6, 6.07) is 0. The van der Waals surface area contributed by atoms with Gasteiger partial charge in [0.05, 0.1) is 0 Å². The summed E-state index contributed by atoms with van der Waals surface area (Å²) < 4.78 is 0. The molecule has 2 heteroatoms. The number of carboxylic acids is 1. The van der Waals surface area contributed by atoms with Crippen LogP contribution in [-0.4, -0.2) is 11.1 Å². The molecule has 0 saturated heterocycles. The van der Waals surface area contributed by atoms with Crippen LogP contribution in [0.2, 0.25) is 0 Å². The van der Waals surface area contributed by atoms with Gasteiger partial charge < -0.3 is 5.11 Å². The fourth-order valence-corrected chi connectivity index (χ4v) is 6.89. The van der Waals surface area contributed by atoms with Crippen LogP contribution in [-0.2, 0) is 4.79 Å². The lowest BCUT2D eigenvalue weighted by Gasteiger charge is -2.51. The van der Waals surface area contributed by atoms with Gasteiger partial charge in [0.1, 0.15) is 0 Å². The summed E-state index contributed by atoms with van der Waals surface area (Å²) in [5.74, 6) is 2.87. The van der Waals surface area contributed by atoms with Crippen LogP contribution in [0.3, 0.4) is 0 Å². The lowest BCUT2D eigenvalue weighted by Crippen LogP contribution is -2.41. The largest absolute Gasteiger partial charge is 0.478 e. The van der Waals surface area contributed by atoms with Crippen molar-refractivity contribution in [3.05, 3.63) is 35.5 Å². The second-order valence-electron chi connectivity index (χ2n) is 11.2. The summed E-state index contributed by atoms with van der Waals surface area (Å²) in [4.78, 5) is 10.9. The Hall–Kier alpha value is -1.31. The van der Waals surface area contributed by atoms with Crippen molar-refractivity contribution in [3.63, 3.8) is 0 Å². The Labute approximate surface area is 178 Å². The van der Waals surface area contributed by atoms with Crippen molar-refractivity contribution in [3.8, 4) is 0 Å². The van der Waals surface area contributed by atoms with Crippen molar-refractivity contribution in [2.75, 3.05) is 0 Å². The Morgan fingerprint density at radius 3 is 2.66 bits per heavy atom. The van der Waals surface area contributed by atoms with Gasteiger partial charge in [0.25, 0.3) is 0 Å². The highest BCUT2D eigenvalue weighted by atomic mass is 16.4. The molecule has 3 rings (SSSR count). The first-order chi connectivity index (χ1) is 13.6. The van der Waals surface area contributed by atoms with Crippen LogP contribution < -0.4 is 0 Å². The number of carbonyl (C=O) groups is 1. The highest BCUT2D eigenvalue weighted by Gasteiger charge is 2.58. The van der Waals surface area contributed by atoms with Gasteiger partial charge in [-0.2, -0.15) is 0 Å². The summed E-state index contributed by atoms with van der Waals surface area (Å²) in [6.07, 6.45) is 17.5. The van der Waals surface area contributed by atoms with E-state index in [1.165, 1.54) is 51.0 Å². The van der Waals surface area contributed by atoms with Crippen LogP contribution in [0.5, 0.6) is 0 Å². The smallest absolute Gasteiger partial charge is 0.328 e. The lowest BCUT2D eigenvalue weighted by atomic mass is 9.54. The minimum atomic E-state index is -0.853. The molecule has 2 saturated carbocycles. The van der Waals surface area contributed by atoms with Crippen LogP contribution in [0.15, 0.2) is 35.5 Å².